The first-order chi connectivity index (χ1) is 24.0. The lowest BCUT2D eigenvalue weighted by Crippen LogP contribution is -2.40. The molecule has 6 N–H and O–H groups in total. The summed E-state index contributed by atoms with van der Waals surface area (Å²) in [6.45, 7) is 3.09. The van der Waals surface area contributed by atoms with Gasteiger partial charge in [0.2, 0.25) is 0 Å². The summed E-state index contributed by atoms with van der Waals surface area (Å²) in [6.07, 6.45) is 17.4. The van der Waals surface area contributed by atoms with E-state index in [9.17, 15) is 9.59 Å². The van der Waals surface area contributed by atoms with E-state index >= 15 is 0 Å². The molecule has 0 bridgehead atoms. The number of hydrogen-bond donors (Lipinski definition) is 5. The molecular weight excluding hydrogens is 610 g/mol. The number of nitrogens with one attached hydrogen (secondary N) is 4. The predicted octanol–water partition coefficient (Wildman–Crippen LogP) is 5.52. The van der Waals surface area contributed by atoms with E-state index in [0.717, 1.165) is 41.8 Å². The van der Waals surface area contributed by atoms with Crippen molar-refractivity contribution in [3.63, 3.8) is 0 Å². The lowest BCUT2D eigenvalue weighted by Gasteiger charge is -2.39. The Balaban J connectivity index is 1.32. The predicted molar refractivity (Wildman–Crippen MR) is 194 cm³/mol. The zero-order chi connectivity index (χ0) is 34.1. The Morgan fingerprint density at radius 3 is 2.29 bits per heavy atom. The minimum Gasteiger partial charge on any atom is -0.393 e. The number of nitrogens with zero attached hydrogens (tertiary/aromatic N) is 2. The van der Waals surface area contributed by atoms with Gasteiger partial charge in [-0.25, -0.2) is 4.98 Å². The molecule has 0 saturated heterocycles. The maximum Gasteiger partial charge on any atom is 0.269 e. The van der Waals surface area contributed by atoms with E-state index in [1.807, 2.05) is 31.5 Å². The van der Waals surface area contributed by atoms with Crippen LogP contribution in [0.2, 0.25) is 0 Å². The zero-order valence-electron chi connectivity index (χ0n) is 27.7. The minimum absolute atomic E-state index is 0.111. The lowest BCUT2D eigenvalue weighted by atomic mass is 9.75. The fourth-order valence-corrected chi connectivity index (χ4v) is 6.17. The third-order valence-corrected chi connectivity index (χ3v) is 8.72. The molecule has 2 aliphatic rings. The van der Waals surface area contributed by atoms with Gasteiger partial charge in [0.25, 0.3) is 11.8 Å². The zero-order valence-corrected chi connectivity index (χ0v) is 27.7. The van der Waals surface area contributed by atoms with E-state index in [0.29, 0.717) is 30.0 Å². The molecule has 4 aromatic rings. The van der Waals surface area contributed by atoms with Gasteiger partial charge in [0.1, 0.15) is 17.1 Å². The summed E-state index contributed by atoms with van der Waals surface area (Å²) in [7, 11) is 0. The molecule has 9 nitrogen and oxygen atoms in total. The highest BCUT2D eigenvalue weighted by Crippen LogP contribution is 2.43. The molecule has 0 unspecified atom stereocenters. The Morgan fingerprint density at radius 2 is 1.63 bits per heavy atom. The van der Waals surface area contributed by atoms with Crippen LogP contribution < -0.4 is 27.0 Å². The first kappa shape index (κ1) is 33.2. The molecule has 250 valence electrons. The Labute approximate surface area is 287 Å². The van der Waals surface area contributed by atoms with Crippen LogP contribution in [-0.2, 0) is 16.9 Å². The van der Waals surface area contributed by atoms with Crippen molar-refractivity contribution in [2.45, 2.75) is 44.3 Å². The number of benzene rings is 3. The average molecular weight is 654 g/mol. The van der Waals surface area contributed by atoms with Crippen LogP contribution in [0, 0.1) is 0 Å². The van der Waals surface area contributed by atoms with Crippen LogP contribution in [0.15, 0.2) is 145 Å². The molecule has 1 heterocycles. The van der Waals surface area contributed by atoms with Crippen LogP contribution in [0.3, 0.4) is 0 Å². The van der Waals surface area contributed by atoms with Crippen LogP contribution in [0.1, 0.15) is 53.5 Å². The normalized spacial score (nSPS) is 14.8. The van der Waals surface area contributed by atoms with E-state index in [-0.39, 0.29) is 30.1 Å². The number of imidazole rings is 1. The van der Waals surface area contributed by atoms with Crippen molar-refractivity contribution in [1.82, 2.24) is 25.5 Å². The summed E-state index contributed by atoms with van der Waals surface area (Å²) in [5.41, 5.74) is 11.0. The summed E-state index contributed by atoms with van der Waals surface area (Å²) in [5.74, 6) is 0.365. The Hall–Kier alpha value is -5.67. The number of anilines is 1. The Morgan fingerprint density at radius 1 is 0.939 bits per heavy atom. The summed E-state index contributed by atoms with van der Waals surface area (Å²) >= 11 is 0. The van der Waals surface area contributed by atoms with Crippen LogP contribution >= 0.6 is 0 Å². The number of allylic oxidation sites excluding steroid dienone is 6. The number of carbonyl (C=O) groups is 2. The molecule has 0 aliphatic heterocycles. The van der Waals surface area contributed by atoms with E-state index in [4.69, 9.17) is 10.7 Å². The molecule has 1 aromatic heterocycles. The van der Waals surface area contributed by atoms with E-state index < -0.39 is 5.54 Å². The van der Waals surface area contributed by atoms with Crippen molar-refractivity contribution in [3.8, 4) is 0 Å². The molecule has 9 heteroatoms. The second-order valence-electron chi connectivity index (χ2n) is 12.1. The van der Waals surface area contributed by atoms with Crippen molar-refractivity contribution in [2.24, 2.45) is 5.73 Å². The monoisotopic (exact) mass is 653 g/mol. The van der Waals surface area contributed by atoms with Crippen molar-refractivity contribution in [2.75, 3.05) is 18.4 Å². The number of aromatic nitrogens is 2. The van der Waals surface area contributed by atoms with Crippen molar-refractivity contribution < 1.29 is 9.59 Å². The van der Waals surface area contributed by atoms with Gasteiger partial charge in [0.05, 0.1) is 12.2 Å². The summed E-state index contributed by atoms with van der Waals surface area (Å²) < 4.78 is 2.24. The molecule has 6 rings (SSSR count). The maximum absolute atomic E-state index is 13.1. The second kappa shape index (κ2) is 15.5. The first-order valence-electron chi connectivity index (χ1n) is 16.8. The largest absolute Gasteiger partial charge is 0.393 e. The lowest BCUT2D eigenvalue weighted by molar-refractivity contribution is -0.117. The fourth-order valence-electron chi connectivity index (χ4n) is 6.17. The van der Waals surface area contributed by atoms with Crippen LogP contribution in [-0.4, -0.2) is 40.5 Å². The maximum atomic E-state index is 13.1. The van der Waals surface area contributed by atoms with Crippen LogP contribution in [0.25, 0.3) is 0 Å². The highest BCUT2D eigenvalue weighted by atomic mass is 16.2. The number of nitrogens with two attached hydrogens (primary N) is 1. The van der Waals surface area contributed by atoms with E-state index in [1.165, 1.54) is 0 Å². The van der Waals surface area contributed by atoms with Gasteiger partial charge in [-0.05, 0) is 67.2 Å². The van der Waals surface area contributed by atoms with Gasteiger partial charge in [0, 0.05) is 42.8 Å². The highest BCUT2D eigenvalue weighted by molar-refractivity contribution is 5.95. The molecule has 1 saturated carbocycles. The molecule has 49 heavy (non-hydrogen) atoms. The topological polar surface area (TPSA) is 126 Å². The van der Waals surface area contributed by atoms with E-state index in [2.05, 4.69) is 105 Å². The fraction of sp³-hybridized carbons (Fsp3) is 0.225. The summed E-state index contributed by atoms with van der Waals surface area (Å²) in [5, 5.41) is 12.6. The summed E-state index contributed by atoms with van der Waals surface area (Å²) in [4.78, 5) is 30.2. The SMILES string of the molecule is CCNC(=O)c1ccc(N/C(CNCc2nccn2C(C2=CCC=CC=C2)(c2ccccc2)c2ccccc2)=C(\N)C(=O)NC2CC2)cc1. The molecule has 2 aliphatic carbocycles. The molecule has 2 amide bonds. The molecule has 0 atom stereocenters. The molecular formula is C40H43N7O2. The van der Waals surface area contributed by atoms with Gasteiger partial charge in [-0.15, -0.1) is 0 Å². The average Bonchev–Trinajstić information content (AvgIpc) is 3.90. The third-order valence-electron chi connectivity index (χ3n) is 8.72. The quantitative estimate of drug-likeness (QED) is 0.114. The minimum atomic E-state index is -0.704. The number of hydrogen-bond acceptors (Lipinski definition) is 6. The van der Waals surface area contributed by atoms with Crippen molar-refractivity contribution in [1.29, 1.82) is 0 Å². The molecule has 1 fully saturated rings. The highest BCUT2D eigenvalue weighted by Gasteiger charge is 2.40. The van der Waals surface area contributed by atoms with Gasteiger partial charge >= 0.3 is 0 Å². The van der Waals surface area contributed by atoms with E-state index in [1.54, 1.807) is 24.3 Å². The summed E-state index contributed by atoms with van der Waals surface area (Å²) in [6, 6.07) is 28.3. The van der Waals surface area contributed by atoms with Crippen LogP contribution in [0.4, 0.5) is 5.69 Å². The molecule has 3 aromatic carbocycles. The van der Waals surface area contributed by atoms with Gasteiger partial charge in [0.15, 0.2) is 0 Å². The number of amides is 2. The van der Waals surface area contributed by atoms with Gasteiger partial charge in [-0.1, -0.05) is 91.0 Å². The number of rotatable bonds is 14. The first-order valence-corrected chi connectivity index (χ1v) is 16.8. The Kier molecular flexibility index (Phi) is 10.5. The standard InChI is InChI=1S/C40H43N7O2/c1-2-43-38(48)29-19-21-33(22-20-29)45-35(37(41)39(49)46-34-23-24-34)27-42-28-36-44-25-26-47(36)40(31-15-9-5-10-16-31,32-17-11-6-12-18-32)30-13-7-3-4-8-14-30/h3-7,9-22,25-26,34,42,45H,2,8,23-24,27-28,41H2,1H3,(H,43,48)(H,46,49)/b37-35-. The number of carbonyl (C=O) groups excluding carboxylic acids is 2. The molecule has 0 spiro atoms. The van der Waals surface area contributed by atoms with Gasteiger partial charge < -0.3 is 31.6 Å². The van der Waals surface area contributed by atoms with Gasteiger partial charge in [-0.3, -0.25) is 9.59 Å². The van der Waals surface area contributed by atoms with Crippen molar-refractivity contribution in [3.05, 3.63) is 167 Å². The smallest absolute Gasteiger partial charge is 0.269 e. The van der Waals surface area contributed by atoms with Crippen LogP contribution in [0.5, 0.6) is 0 Å². The second-order valence-corrected chi connectivity index (χ2v) is 12.1. The Bertz CT molecular complexity index is 1830. The van der Waals surface area contributed by atoms with Crippen molar-refractivity contribution >= 4 is 17.5 Å². The molecule has 0 radical (unpaired) electrons. The van der Waals surface area contributed by atoms with Gasteiger partial charge in [-0.2, -0.15) is 0 Å². The third kappa shape index (κ3) is 7.58.